The highest BCUT2D eigenvalue weighted by molar-refractivity contribution is 5.52. The molecule has 0 heterocycles. The molecule has 0 bridgehead atoms. The summed E-state index contributed by atoms with van der Waals surface area (Å²) in [6.45, 7) is 6.11. The molecule has 0 aromatic carbocycles. The summed E-state index contributed by atoms with van der Waals surface area (Å²) < 4.78 is 5.16. The molecule has 2 heteroatoms. The van der Waals surface area contributed by atoms with Crippen molar-refractivity contribution in [2.75, 3.05) is 6.61 Å². The lowest BCUT2D eigenvalue weighted by molar-refractivity contribution is 0.104. The van der Waals surface area contributed by atoms with Crippen LogP contribution >= 0.6 is 0 Å². The molecule has 9 heavy (non-hydrogen) atoms. The van der Waals surface area contributed by atoms with Gasteiger partial charge in [-0.2, -0.15) is 0 Å². The number of ether oxygens (including phenoxy) is 1. The fourth-order valence-electron chi connectivity index (χ4n) is 0.381. The molecule has 0 aliphatic carbocycles. The maximum atomic E-state index is 6.67. The SMILES string of the molecule is C=CC(C)OCCC=N. The third-order valence-electron chi connectivity index (χ3n) is 0.975. The molecule has 1 atom stereocenters. The van der Waals surface area contributed by atoms with Crippen LogP contribution < -0.4 is 0 Å². The van der Waals surface area contributed by atoms with Crippen LogP contribution in [0.5, 0.6) is 0 Å². The van der Waals surface area contributed by atoms with Crippen LogP contribution in [0.1, 0.15) is 13.3 Å². The molecule has 0 aromatic heterocycles. The van der Waals surface area contributed by atoms with Crippen LogP contribution in [-0.4, -0.2) is 18.9 Å². The maximum absolute atomic E-state index is 6.67. The van der Waals surface area contributed by atoms with Crippen LogP contribution in [0.2, 0.25) is 0 Å². The number of hydrogen-bond donors (Lipinski definition) is 1. The first-order valence-electron chi connectivity index (χ1n) is 3.04. The summed E-state index contributed by atoms with van der Waals surface area (Å²) in [5, 5.41) is 6.67. The minimum absolute atomic E-state index is 0.116. The second-order valence-electron chi connectivity index (χ2n) is 1.80. The summed E-state index contributed by atoms with van der Waals surface area (Å²) in [5.41, 5.74) is 0. The van der Waals surface area contributed by atoms with Gasteiger partial charge in [0.1, 0.15) is 0 Å². The summed E-state index contributed by atoms with van der Waals surface area (Å²) in [4.78, 5) is 0. The van der Waals surface area contributed by atoms with Crippen LogP contribution in [0.3, 0.4) is 0 Å². The zero-order valence-electron chi connectivity index (χ0n) is 5.76. The van der Waals surface area contributed by atoms with Gasteiger partial charge in [-0.3, -0.25) is 0 Å². The molecule has 0 rings (SSSR count). The molecular formula is C7H13NO. The van der Waals surface area contributed by atoms with Gasteiger partial charge in [0.05, 0.1) is 12.7 Å². The molecule has 0 spiro atoms. The minimum Gasteiger partial charge on any atom is -0.374 e. The summed E-state index contributed by atoms with van der Waals surface area (Å²) >= 11 is 0. The third-order valence-corrected chi connectivity index (χ3v) is 0.975. The zero-order valence-corrected chi connectivity index (χ0v) is 5.76. The first kappa shape index (κ1) is 8.37. The second kappa shape index (κ2) is 5.51. The average molecular weight is 127 g/mol. The summed E-state index contributed by atoms with van der Waals surface area (Å²) in [7, 11) is 0. The molecular weight excluding hydrogens is 114 g/mol. The van der Waals surface area contributed by atoms with Crippen molar-refractivity contribution in [2.45, 2.75) is 19.4 Å². The molecule has 0 fully saturated rings. The lowest BCUT2D eigenvalue weighted by Crippen LogP contribution is -2.05. The molecule has 0 saturated heterocycles. The van der Waals surface area contributed by atoms with Crippen LogP contribution in [0.25, 0.3) is 0 Å². The van der Waals surface area contributed by atoms with Crippen molar-refractivity contribution in [3.8, 4) is 0 Å². The summed E-state index contributed by atoms with van der Waals surface area (Å²) in [6, 6.07) is 0. The van der Waals surface area contributed by atoms with Crippen LogP contribution in [-0.2, 0) is 4.74 Å². The fourth-order valence-corrected chi connectivity index (χ4v) is 0.381. The van der Waals surface area contributed by atoms with E-state index >= 15 is 0 Å². The van der Waals surface area contributed by atoms with Gasteiger partial charge in [-0.05, 0) is 13.1 Å². The van der Waals surface area contributed by atoms with Gasteiger partial charge in [0.25, 0.3) is 0 Å². The Labute approximate surface area is 56.0 Å². The van der Waals surface area contributed by atoms with Gasteiger partial charge >= 0.3 is 0 Å². The van der Waals surface area contributed by atoms with E-state index in [1.807, 2.05) is 6.92 Å². The average Bonchev–Trinajstić information content (AvgIpc) is 1.89. The lowest BCUT2D eigenvalue weighted by Gasteiger charge is -2.04. The van der Waals surface area contributed by atoms with E-state index in [1.165, 1.54) is 6.21 Å². The molecule has 0 aliphatic rings. The molecule has 0 radical (unpaired) electrons. The highest BCUT2D eigenvalue weighted by Gasteiger charge is 1.91. The van der Waals surface area contributed by atoms with Crippen molar-refractivity contribution in [1.82, 2.24) is 0 Å². The quantitative estimate of drug-likeness (QED) is 0.340. The Morgan fingerprint density at radius 2 is 2.44 bits per heavy atom. The van der Waals surface area contributed by atoms with E-state index in [2.05, 4.69) is 6.58 Å². The monoisotopic (exact) mass is 127 g/mol. The summed E-state index contributed by atoms with van der Waals surface area (Å²) in [6.07, 6.45) is 3.89. The molecule has 52 valence electrons. The van der Waals surface area contributed by atoms with E-state index in [1.54, 1.807) is 6.08 Å². The van der Waals surface area contributed by atoms with Crippen molar-refractivity contribution in [3.63, 3.8) is 0 Å². The Balaban J connectivity index is 3.05. The van der Waals surface area contributed by atoms with Crippen molar-refractivity contribution in [2.24, 2.45) is 0 Å². The Bertz CT molecular complexity index is 90.9. The molecule has 1 N–H and O–H groups in total. The normalized spacial score (nSPS) is 12.6. The minimum atomic E-state index is 0.116. The predicted octanol–water partition coefficient (Wildman–Crippen LogP) is 1.62. The summed E-state index contributed by atoms with van der Waals surface area (Å²) in [5.74, 6) is 0. The van der Waals surface area contributed by atoms with Gasteiger partial charge in [0, 0.05) is 6.42 Å². The van der Waals surface area contributed by atoms with E-state index in [0.29, 0.717) is 13.0 Å². The molecule has 0 amide bonds. The van der Waals surface area contributed by atoms with Crippen LogP contribution in [0, 0.1) is 5.41 Å². The van der Waals surface area contributed by atoms with Crippen LogP contribution in [0.15, 0.2) is 12.7 Å². The smallest absolute Gasteiger partial charge is 0.0725 e. The Morgan fingerprint density at radius 1 is 1.78 bits per heavy atom. The predicted molar refractivity (Wildman–Crippen MR) is 39.0 cm³/mol. The molecule has 0 aliphatic heterocycles. The molecule has 2 nitrogen and oxygen atoms in total. The Hall–Kier alpha value is -0.630. The van der Waals surface area contributed by atoms with E-state index < -0.39 is 0 Å². The maximum Gasteiger partial charge on any atom is 0.0725 e. The van der Waals surface area contributed by atoms with Crippen molar-refractivity contribution in [1.29, 1.82) is 5.41 Å². The largest absolute Gasteiger partial charge is 0.374 e. The van der Waals surface area contributed by atoms with Crippen LogP contribution in [0.4, 0.5) is 0 Å². The van der Waals surface area contributed by atoms with Gasteiger partial charge < -0.3 is 10.1 Å². The highest BCUT2D eigenvalue weighted by atomic mass is 16.5. The Morgan fingerprint density at radius 3 is 2.89 bits per heavy atom. The Kier molecular flexibility index (Phi) is 5.12. The van der Waals surface area contributed by atoms with Gasteiger partial charge in [-0.15, -0.1) is 6.58 Å². The van der Waals surface area contributed by atoms with E-state index in [-0.39, 0.29) is 6.10 Å². The third kappa shape index (κ3) is 5.24. The van der Waals surface area contributed by atoms with E-state index in [0.717, 1.165) is 0 Å². The van der Waals surface area contributed by atoms with Gasteiger partial charge in [-0.1, -0.05) is 6.08 Å². The zero-order chi connectivity index (χ0) is 7.11. The first-order chi connectivity index (χ1) is 4.31. The standard InChI is InChI=1S/C7H13NO/c1-3-7(2)9-6-4-5-8/h3,5,7-8H,1,4,6H2,2H3. The fraction of sp³-hybridized carbons (Fsp3) is 0.571. The van der Waals surface area contributed by atoms with Crippen molar-refractivity contribution >= 4 is 6.21 Å². The lowest BCUT2D eigenvalue weighted by atomic mass is 10.4. The van der Waals surface area contributed by atoms with Crippen molar-refractivity contribution < 1.29 is 4.74 Å². The molecule has 1 unspecified atom stereocenters. The number of hydrogen-bond acceptors (Lipinski definition) is 2. The number of rotatable bonds is 5. The van der Waals surface area contributed by atoms with E-state index in [9.17, 15) is 0 Å². The van der Waals surface area contributed by atoms with E-state index in [4.69, 9.17) is 10.1 Å². The van der Waals surface area contributed by atoms with Gasteiger partial charge in [0.2, 0.25) is 0 Å². The highest BCUT2D eigenvalue weighted by Crippen LogP contribution is 1.90. The topological polar surface area (TPSA) is 33.1 Å². The molecule has 0 aromatic rings. The molecule has 0 saturated carbocycles. The first-order valence-corrected chi connectivity index (χ1v) is 3.04. The van der Waals surface area contributed by atoms with Crippen molar-refractivity contribution in [3.05, 3.63) is 12.7 Å². The van der Waals surface area contributed by atoms with Gasteiger partial charge in [0.15, 0.2) is 0 Å². The van der Waals surface area contributed by atoms with Gasteiger partial charge in [-0.25, -0.2) is 0 Å². The number of nitrogens with one attached hydrogen (secondary N) is 1. The second-order valence-corrected chi connectivity index (χ2v) is 1.80.